The zero-order valence-electron chi connectivity index (χ0n) is 3.62. The van der Waals surface area contributed by atoms with E-state index in [1.807, 2.05) is 6.82 Å². The maximum Gasteiger partial charge on any atom is 0.188 e. The molecule has 0 fully saturated rings. The topological polar surface area (TPSA) is 17.1 Å². The summed E-state index contributed by atoms with van der Waals surface area (Å²) in [5.74, 6) is 0. The van der Waals surface area contributed by atoms with E-state index < -0.39 is 0 Å². The lowest BCUT2D eigenvalue weighted by Crippen LogP contribution is -1.98. The van der Waals surface area contributed by atoms with Gasteiger partial charge in [0.1, 0.15) is 0 Å². The van der Waals surface area contributed by atoms with Crippen molar-refractivity contribution in [3.63, 3.8) is 0 Å². The first-order valence-electron chi connectivity index (χ1n) is 1.76. The van der Waals surface area contributed by atoms with Gasteiger partial charge in [-0.2, -0.15) is 0 Å². The van der Waals surface area contributed by atoms with Crippen LogP contribution in [0.4, 0.5) is 4.79 Å². The fraction of sp³-hybridized carbons (Fsp3) is 0.500. The minimum atomic E-state index is 0.255. The second kappa shape index (κ2) is 2.06. The van der Waals surface area contributed by atoms with Crippen molar-refractivity contribution < 1.29 is 4.79 Å². The Morgan fingerprint density at radius 1 is 2.00 bits per heavy atom. The van der Waals surface area contributed by atoms with Gasteiger partial charge in [-0.15, -0.1) is 0 Å². The Morgan fingerprint density at radius 3 is 2.20 bits per heavy atom. The maximum absolute atomic E-state index is 9.81. The van der Waals surface area contributed by atoms with Gasteiger partial charge in [-0.1, -0.05) is 6.82 Å². The standard InChI is InChI=1S/C2H6B2O/c1-4-2(3)5/h4H,3H2,1H3. The van der Waals surface area contributed by atoms with Gasteiger partial charge >= 0.3 is 0 Å². The Balaban J connectivity index is 2.85. The molecule has 0 atom stereocenters. The van der Waals surface area contributed by atoms with E-state index in [2.05, 4.69) is 0 Å². The molecule has 0 aliphatic heterocycles. The molecule has 0 aliphatic carbocycles. The fourth-order valence-electron chi connectivity index (χ4n) is 0. The van der Waals surface area contributed by atoms with Crippen LogP contribution in [0.15, 0.2) is 0 Å². The Bertz CT molecular complexity index is 42.9. The van der Waals surface area contributed by atoms with E-state index in [-0.39, 0.29) is 5.58 Å². The first kappa shape index (κ1) is 4.80. The van der Waals surface area contributed by atoms with Gasteiger partial charge in [0.15, 0.2) is 15.1 Å². The molecular formula is C2H6B2O. The maximum atomic E-state index is 9.81. The Hall–Kier alpha value is -0.200. The number of rotatable bonds is 1. The number of hydrogen-bond acceptors (Lipinski definition) is 1. The molecule has 0 bridgehead atoms. The first-order chi connectivity index (χ1) is 2.27. The SMILES string of the molecule is BC(=O)BC. The van der Waals surface area contributed by atoms with Gasteiger partial charge in [0.2, 0.25) is 0 Å². The van der Waals surface area contributed by atoms with Gasteiger partial charge in [0.05, 0.1) is 0 Å². The van der Waals surface area contributed by atoms with Gasteiger partial charge in [-0.3, -0.25) is 0 Å². The van der Waals surface area contributed by atoms with E-state index in [0.29, 0.717) is 7.28 Å². The van der Waals surface area contributed by atoms with Crippen molar-refractivity contribution in [2.45, 2.75) is 6.82 Å². The Labute approximate surface area is 33.4 Å². The van der Waals surface area contributed by atoms with Gasteiger partial charge in [0.25, 0.3) is 0 Å². The molecule has 0 aromatic rings. The molecule has 0 rings (SSSR count). The lowest BCUT2D eigenvalue weighted by molar-refractivity contribution is 0.274. The first-order valence-corrected chi connectivity index (χ1v) is 1.76. The molecular weight excluding hydrogens is 61.6 g/mol. The predicted octanol–water partition coefficient (Wildman–Crippen LogP) is -0.776. The van der Waals surface area contributed by atoms with Crippen LogP contribution in [0.5, 0.6) is 0 Å². The second-order valence-corrected chi connectivity index (χ2v) is 1.06. The van der Waals surface area contributed by atoms with Crippen molar-refractivity contribution in [2.75, 3.05) is 0 Å². The third-order valence-corrected chi connectivity index (χ3v) is 0.498. The number of carbonyl (C=O) groups excluding carboxylic acids is 1. The summed E-state index contributed by atoms with van der Waals surface area (Å²) >= 11 is 0. The zero-order valence-corrected chi connectivity index (χ0v) is 3.62. The van der Waals surface area contributed by atoms with Crippen LogP contribution < -0.4 is 0 Å². The second-order valence-electron chi connectivity index (χ2n) is 1.06. The molecule has 0 heterocycles. The monoisotopic (exact) mass is 68.1 g/mol. The summed E-state index contributed by atoms with van der Waals surface area (Å²) in [6.07, 6.45) is 0. The highest BCUT2D eigenvalue weighted by Gasteiger charge is 1.81. The summed E-state index contributed by atoms with van der Waals surface area (Å²) in [5, 5.41) is 0. The summed E-state index contributed by atoms with van der Waals surface area (Å²) in [6, 6.07) is 0. The van der Waals surface area contributed by atoms with Crippen molar-refractivity contribution in [3.8, 4) is 0 Å². The third kappa shape index (κ3) is 3.80. The molecule has 0 aliphatic rings. The van der Waals surface area contributed by atoms with Crippen LogP contribution in [0, 0.1) is 0 Å². The molecule has 0 aromatic heterocycles. The van der Waals surface area contributed by atoms with Crippen LogP contribution in [0.2, 0.25) is 6.82 Å². The smallest absolute Gasteiger partial charge is 0.188 e. The quantitative estimate of drug-likeness (QED) is 0.368. The minimum absolute atomic E-state index is 0.255. The Morgan fingerprint density at radius 2 is 2.20 bits per heavy atom. The molecule has 5 heavy (non-hydrogen) atoms. The molecule has 0 radical (unpaired) electrons. The third-order valence-electron chi connectivity index (χ3n) is 0.498. The van der Waals surface area contributed by atoms with Crippen LogP contribution in [-0.4, -0.2) is 20.7 Å². The summed E-state index contributed by atoms with van der Waals surface area (Å²) in [4.78, 5) is 9.81. The summed E-state index contributed by atoms with van der Waals surface area (Å²) < 4.78 is 0. The highest BCUT2D eigenvalue weighted by atomic mass is 16.1. The summed E-state index contributed by atoms with van der Waals surface area (Å²) in [5.41, 5.74) is 0.255. The van der Waals surface area contributed by atoms with Crippen molar-refractivity contribution in [3.05, 3.63) is 0 Å². The van der Waals surface area contributed by atoms with Crippen LogP contribution in [-0.2, 0) is 0 Å². The van der Waals surface area contributed by atoms with Crippen molar-refractivity contribution in [2.24, 2.45) is 0 Å². The van der Waals surface area contributed by atoms with Crippen molar-refractivity contribution in [1.29, 1.82) is 0 Å². The normalized spacial score (nSPS) is 6.60. The summed E-state index contributed by atoms with van der Waals surface area (Å²) in [6.45, 7) is 1.85. The number of hydrogen-bond donors (Lipinski definition) is 0. The van der Waals surface area contributed by atoms with Crippen molar-refractivity contribution >= 4 is 20.7 Å². The van der Waals surface area contributed by atoms with E-state index in [9.17, 15) is 4.79 Å². The highest BCUT2D eigenvalue weighted by molar-refractivity contribution is 6.95. The molecule has 0 saturated heterocycles. The molecule has 0 unspecified atom stereocenters. The molecule has 0 spiro atoms. The van der Waals surface area contributed by atoms with E-state index >= 15 is 0 Å². The fourth-order valence-corrected chi connectivity index (χ4v) is 0. The van der Waals surface area contributed by atoms with Crippen LogP contribution in [0.1, 0.15) is 0 Å². The lowest BCUT2D eigenvalue weighted by Gasteiger charge is -1.68. The van der Waals surface area contributed by atoms with E-state index in [4.69, 9.17) is 0 Å². The molecule has 1 nitrogen and oxygen atoms in total. The largest absolute Gasteiger partial charge is 0.323 e. The van der Waals surface area contributed by atoms with Crippen molar-refractivity contribution in [1.82, 2.24) is 0 Å². The molecule has 0 N–H and O–H groups in total. The molecule has 0 amide bonds. The van der Waals surface area contributed by atoms with Crippen LogP contribution in [0.25, 0.3) is 0 Å². The van der Waals surface area contributed by atoms with E-state index in [1.165, 1.54) is 0 Å². The molecule has 0 aromatic carbocycles. The summed E-state index contributed by atoms with van der Waals surface area (Å²) in [7, 11) is 2.25. The predicted molar refractivity (Wildman–Crippen MR) is 27.0 cm³/mol. The number of carbonyl (C=O) groups is 1. The molecule has 26 valence electrons. The Kier molecular flexibility index (Phi) is 1.98. The van der Waals surface area contributed by atoms with Gasteiger partial charge in [-0.05, 0) is 0 Å². The van der Waals surface area contributed by atoms with Gasteiger partial charge in [-0.25, -0.2) is 0 Å². The van der Waals surface area contributed by atoms with Gasteiger partial charge in [0, 0.05) is 5.58 Å². The van der Waals surface area contributed by atoms with E-state index in [1.54, 1.807) is 7.85 Å². The van der Waals surface area contributed by atoms with E-state index in [0.717, 1.165) is 0 Å². The average molecular weight is 67.7 g/mol. The van der Waals surface area contributed by atoms with Crippen LogP contribution in [0.3, 0.4) is 0 Å². The van der Waals surface area contributed by atoms with Crippen LogP contribution >= 0.6 is 0 Å². The average Bonchev–Trinajstić information content (AvgIpc) is 1.38. The molecule has 3 heteroatoms. The lowest BCUT2D eigenvalue weighted by atomic mass is 9.67. The molecule has 0 saturated carbocycles. The van der Waals surface area contributed by atoms with Gasteiger partial charge < -0.3 is 4.79 Å². The minimum Gasteiger partial charge on any atom is -0.323 e. The zero-order chi connectivity index (χ0) is 4.28. The highest BCUT2D eigenvalue weighted by Crippen LogP contribution is 1.55.